The molecule has 2 atom stereocenters. The molecule has 0 spiro atoms. The van der Waals surface area contributed by atoms with Crippen LogP contribution in [0.5, 0.6) is 5.75 Å². The normalized spacial score (nSPS) is 15.4. The number of hydrogen-bond acceptors (Lipinski definition) is 5. The van der Waals surface area contributed by atoms with E-state index in [4.69, 9.17) is 13.8 Å². The van der Waals surface area contributed by atoms with Crippen molar-refractivity contribution >= 4 is 13.7 Å². The smallest absolute Gasteiger partial charge is 0.459 e. The highest BCUT2D eigenvalue weighted by molar-refractivity contribution is 7.52. The number of hydrogen-bond donors (Lipinski definition) is 1. The zero-order valence-corrected chi connectivity index (χ0v) is 12.9. The predicted octanol–water partition coefficient (Wildman–Crippen LogP) is 2.75. The van der Waals surface area contributed by atoms with E-state index >= 15 is 0 Å². The molecule has 0 aliphatic heterocycles. The largest absolute Gasteiger partial charge is 0.462 e. The maximum absolute atomic E-state index is 12.4. The maximum atomic E-state index is 12.4. The maximum Gasteiger partial charge on any atom is 0.459 e. The third kappa shape index (κ3) is 5.33. The van der Waals surface area contributed by atoms with Gasteiger partial charge in [0.15, 0.2) is 0 Å². The Bertz CT molecular complexity index is 477. The molecule has 0 heterocycles. The van der Waals surface area contributed by atoms with Crippen LogP contribution < -0.4 is 9.61 Å². The van der Waals surface area contributed by atoms with Crippen LogP contribution in [0, 0.1) is 0 Å². The van der Waals surface area contributed by atoms with Crippen LogP contribution in [0.4, 0.5) is 0 Å². The van der Waals surface area contributed by atoms with Crippen LogP contribution >= 0.6 is 7.75 Å². The monoisotopic (exact) mass is 301 g/mol. The van der Waals surface area contributed by atoms with Crippen molar-refractivity contribution in [2.75, 3.05) is 7.11 Å². The molecule has 1 aromatic carbocycles. The molecule has 0 bridgehead atoms. The topological polar surface area (TPSA) is 73.9 Å². The summed E-state index contributed by atoms with van der Waals surface area (Å²) in [6.07, 6.45) is -0.247. The van der Waals surface area contributed by atoms with Gasteiger partial charge in [-0.1, -0.05) is 18.2 Å². The van der Waals surface area contributed by atoms with Gasteiger partial charge in [-0.25, -0.2) is 4.57 Å². The standard InChI is InChI=1S/C13H20NO5P/c1-10(2)18-13(15)11(3)14-20(16,17-4)19-12-8-6-5-7-9-12/h5-11H,1-4H3,(H,14,16). The number of carbonyl (C=O) groups is 1. The van der Waals surface area contributed by atoms with E-state index in [0.29, 0.717) is 5.75 Å². The summed E-state index contributed by atoms with van der Waals surface area (Å²) in [6, 6.07) is 7.76. The fraction of sp³-hybridized carbons (Fsp3) is 0.462. The number of esters is 1. The molecule has 7 heteroatoms. The minimum atomic E-state index is -3.63. The van der Waals surface area contributed by atoms with Gasteiger partial charge in [0.05, 0.1) is 6.10 Å². The molecule has 0 aliphatic rings. The molecule has 0 aliphatic carbocycles. The molecule has 2 unspecified atom stereocenters. The molecule has 0 amide bonds. The first kappa shape index (κ1) is 16.7. The van der Waals surface area contributed by atoms with Crippen LogP contribution in [0.1, 0.15) is 20.8 Å². The lowest BCUT2D eigenvalue weighted by molar-refractivity contribution is -0.149. The van der Waals surface area contributed by atoms with Gasteiger partial charge >= 0.3 is 13.7 Å². The summed E-state index contributed by atoms with van der Waals surface area (Å²) in [5.74, 6) is -0.136. The zero-order valence-electron chi connectivity index (χ0n) is 12.0. The van der Waals surface area contributed by atoms with Crippen molar-refractivity contribution in [3.05, 3.63) is 30.3 Å². The second-order valence-electron chi connectivity index (χ2n) is 4.42. The van der Waals surface area contributed by atoms with E-state index in [2.05, 4.69) is 5.09 Å². The molecule has 0 fully saturated rings. The fourth-order valence-electron chi connectivity index (χ4n) is 1.36. The van der Waals surface area contributed by atoms with Crippen molar-refractivity contribution in [3.8, 4) is 5.75 Å². The second-order valence-corrected chi connectivity index (χ2v) is 6.22. The average molecular weight is 301 g/mol. The van der Waals surface area contributed by atoms with Gasteiger partial charge in [0.25, 0.3) is 0 Å². The van der Waals surface area contributed by atoms with E-state index in [1.54, 1.807) is 44.2 Å². The minimum Gasteiger partial charge on any atom is -0.462 e. The molecular weight excluding hydrogens is 281 g/mol. The van der Waals surface area contributed by atoms with E-state index in [9.17, 15) is 9.36 Å². The van der Waals surface area contributed by atoms with Crippen molar-refractivity contribution in [3.63, 3.8) is 0 Å². The van der Waals surface area contributed by atoms with Crippen molar-refractivity contribution in [2.24, 2.45) is 0 Å². The summed E-state index contributed by atoms with van der Waals surface area (Å²) in [4.78, 5) is 11.7. The number of rotatable bonds is 7. The Hall–Kier alpha value is -1.36. The van der Waals surface area contributed by atoms with Gasteiger partial charge in [-0.15, -0.1) is 0 Å². The number of benzene rings is 1. The van der Waals surface area contributed by atoms with Crippen LogP contribution in [0.3, 0.4) is 0 Å². The third-order valence-electron chi connectivity index (χ3n) is 2.27. The summed E-state index contributed by atoms with van der Waals surface area (Å²) in [6.45, 7) is 5.01. The number of nitrogens with one attached hydrogen (secondary N) is 1. The lowest BCUT2D eigenvalue weighted by Crippen LogP contribution is -2.36. The van der Waals surface area contributed by atoms with Gasteiger partial charge in [-0.3, -0.25) is 9.32 Å². The van der Waals surface area contributed by atoms with Crippen LogP contribution in [-0.2, 0) is 18.6 Å². The molecule has 1 N–H and O–H groups in total. The molecule has 0 saturated carbocycles. The van der Waals surface area contributed by atoms with Gasteiger partial charge in [0.1, 0.15) is 11.8 Å². The highest BCUT2D eigenvalue weighted by atomic mass is 31.2. The average Bonchev–Trinajstić information content (AvgIpc) is 2.39. The quantitative estimate of drug-likeness (QED) is 0.616. The van der Waals surface area contributed by atoms with E-state index < -0.39 is 19.8 Å². The second kappa shape index (κ2) is 7.43. The molecule has 6 nitrogen and oxygen atoms in total. The van der Waals surface area contributed by atoms with Crippen LogP contribution in [0.25, 0.3) is 0 Å². The Morgan fingerprint density at radius 1 is 1.20 bits per heavy atom. The van der Waals surface area contributed by atoms with Gasteiger partial charge in [-0.2, -0.15) is 5.09 Å². The highest BCUT2D eigenvalue weighted by Crippen LogP contribution is 2.43. The van der Waals surface area contributed by atoms with Crippen LogP contribution in [0.15, 0.2) is 30.3 Å². The lowest BCUT2D eigenvalue weighted by atomic mass is 10.3. The van der Waals surface area contributed by atoms with Crippen LogP contribution in [0.2, 0.25) is 0 Å². The van der Waals surface area contributed by atoms with Crippen LogP contribution in [-0.4, -0.2) is 25.2 Å². The first-order valence-electron chi connectivity index (χ1n) is 6.25. The SMILES string of the molecule is COP(=O)(NC(C)C(=O)OC(C)C)Oc1ccccc1. The van der Waals surface area contributed by atoms with Crippen molar-refractivity contribution < 1.29 is 23.1 Å². The molecule has 0 saturated heterocycles. The molecule has 20 heavy (non-hydrogen) atoms. The van der Waals surface area contributed by atoms with Gasteiger partial charge in [-0.05, 0) is 32.9 Å². The molecular formula is C13H20NO5P. The fourth-order valence-corrected chi connectivity index (χ4v) is 2.57. The highest BCUT2D eigenvalue weighted by Gasteiger charge is 2.31. The Kier molecular flexibility index (Phi) is 6.20. The Balaban J connectivity index is 2.70. The van der Waals surface area contributed by atoms with Crippen molar-refractivity contribution in [1.82, 2.24) is 5.09 Å². The Morgan fingerprint density at radius 3 is 2.30 bits per heavy atom. The number of ether oxygens (including phenoxy) is 1. The molecule has 112 valence electrons. The minimum absolute atomic E-state index is 0.247. The summed E-state index contributed by atoms with van der Waals surface area (Å²) in [7, 11) is -2.38. The molecule has 0 radical (unpaired) electrons. The van der Waals surface area contributed by atoms with E-state index in [1.165, 1.54) is 14.0 Å². The zero-order chi connectivity index (χ0) is 15.2. The van der Waals surface area contributed by atoms with E-state index in [-0.39, 0.29) is 6.10 Å². The first-order valence-corrected chi connectivity index (χ1v) is 7.79. The van der Waals surface area contributed by atoms with Gasteiger partial charge < -0.3 is 9.26 Å². The number of carbonyl (C=O) groups excluding carboxylic acids is 1. The van der Waals surface area contributed by atoms with Gasteiger partial charge in [0, 0.05) is 7.11 Å². The third-order valence-corrected chi connectivity index (χ3v) is 3.90. The van der Waals surface area contributed by atoms with Crippen molar-refractivity contribution in [2.45, 2.75) is 32.9 Å². The van der Waals surface area contributed by atoms with E-state index in [0.717, 1.165) is 0 Å². The summed E-state index contributed by atoms with van der Waals surface area (Å²) in [5.41, 5.74) is 0. The molecule has 0 aromatic heterocycles. The summed E-state index contributed by atoms with van der Waals surface area (Å²) in [5, 5.41) is 2.53. The van der Waals surface area contributed by atoms with Crippen molar-refractivity contribution in [1.29, 1.82) is 0 Å². The summed E-state index contributed by atoms with van der Waals surface area (Å²) >= 11 is 0. The van der Waals surface area contributed by atoms with Gasteiger partial charge in [0.2, 0.25) is 0 Å². The summed E-state index contributed by atoms with van der Waals surface area (Å²) < 4.78 is 27.6. The Morgan fingerprint density at radius 2 is 1.80 bits per heavy atom. The van der Waals surface area contributed by atoms with E-state index in [1.807, 2.05) is 0 Å². The molecule has 1 aromatic rings. The Labute approximate surface area is 119 Å². The number of para-hydroxylation sites is 1. The lowest BCUT2D eigenvalue weighted by Gasteiger charge is -2.21. The first-order chi connectivity index (χ1) is 9.36. The molecule has 1 rings (SSSR count). The predicted molar refractivity (Wildman–Crippen MR) is 75.5 cm³/mol.